The summed E-state index contributed by atoms with van der Waals surface area (Å²) in [5, 5.41) is 3.78. The molecular weight excluding hydrogens is 206 g/mol. The van der Waals surface area contributed by atoms with Gasteiger partial charge in [0, 0.05) is 6.04 Å². The molecular formula is C16H31N. The van der Waals surface area contributed by atoms with Crippen molar-refractivity contribution in [3.05, 3.63) is 0 Å². The Labute approximate surface area is 108 Å². The van der Waals surface area contributed by atoms with Crippen molar-refractivity contribution >= 4 is 0 Å². The van der Waals surface area contributed by atoms with Gasteiger partial charge < -0.3 is 5.32 Å². The van der Waals surface area contributed by atoms with Gasteiger partial charge in [-0.1, -0.05) is 34.1 Å². The average Bonchev–Trinajstić information content (AvgIpc) is 2.84. The fourth-order valence-electron chi connectivity index (χ4n) is 4.10. The van der Waals surface area contributed by atoms with Gasteiger partial charge >= 0.3 is 0 Å². The Balaban J connectivity index is 1.88. The molecule has 1 nitrogen and oxygen atoms in total. The smallest absolute Gasteiger partial charge is 0.00981 e. The molecule has 0 heterocycles. The van der Waals surface area contributed by atoms with E-state index in [1.807, 2.05) is 0 Å². The molecule has 0 aliphatic heterocycles. The normalized spacial score (nSPS) is 34.2. The van der Waals surface area contributed by atoms with Crippen molar-refractivity contribution in [1.82, 2.24) is 5.32 Å². The summed E-state index contributed by atoms with van der Waals surface area (Å²) in [6, 6.07) is 0.800. The first-order chi connectivity index (χ1) is 7.99. The second-order valence-electron chi connectivity index (χ2n) is 7.60. The van der Waals surface area contributed by atoms with Gasteiger partial charge in [-0.05, 0) is 61.8 Å². The predicted octanol–water partition coefficient (Wildman–Crippen LogP) is 4.23. The predicted molar refractivity (Wildman–Crippen MR) is 75.1 cm³/mol. The molecule has 0 spiro atoms. The maximum atomic E-state index is 3.78. The molecule has 0 aromatic heterocycles. The van der Waals surface area contributed by atoms with Crippen LogP contribution in [0.25, 0.3) is 0 Å². The Kier molecular flexibility index (Phi) is 4.18. The fourth-order valence-corrected chi connectivity index (χ4v) is 4.10. The van der Waals surface area contributed by atoms with Gasteiger partial charge in [-0.15, -0.1) is 0 Å². The summed E-state index contributed by atoms with van der Waals surface area (Å²) in [5.74, 6) is 3.14. The Morgan fingerprint density at radius 3 is 2.41 bits per heavy atom. The number of hydrogen-bond donors (Lipinski definition) is 1. The fraction of sp³-hybridized carbons (Fsp3) is 1.00. The van der Waals surface area contributed by atoms with Crippen LogP contribution in [0, 0.1) is 23.2 Å². The largest absolute Gasteiger partial charge is 0.314 e. The summed E-state index contributed by atoms with van der Waals surface area (Å²) < 4.78 is 0. The first kappa shape index (κ1) is 13.4. The SMILES string of the molecule is CCNC(CCC(C)(C)C)C1CC2CCC1C2. The second kappa shape index (κ2) is 5.30. The van der Waals surface area contributed by atoms with Gasteiger partial charge in [-0.2, -0.15) is 0 Å². The highest BCUT2D eigenvalue weighted by Crippen LogP contribution is 2.50. The number of rotatable bonds is 5. The van der Waals surface area contributed by atoms with Gasteiger partial charge in [0.1, 0.15) is 0 Å². The molecule has 2 saturated carbocycles. The average molecular weight is 237 g/mol. The van der Waals surface area contributed by atoms with Crippen LogP contribution in [0.2, 0.25) is 0 Å². The van der Waals surface area contributed by atoms with E-state index in [9.17, 15) is 0 Å². The molecule has 17 heavy (non-hydrogen) atoms. The van der Waals surface area contributed by atoms with Crippen molar-refractivity contribution in [3.8, 4) is 0 Å². The van der Waals surface area contributed by atoms with Crippen molar-refractivity contribution in [2.24, 2.45) is 23.2 Å². The molecule has 0 saturated heterocycles. The summed E-state index contributed by atoms with van der Waals surface area (Å²) in [6.45, 7) is 10.5. The molecule has 2 bridgehead atoms. The monoisotopic (exact) mass is 237 g/mol. The van der Waals surface area contributed by atoms with Gasteiger partial charge in [0.25, 0.3) is 0 Å². The van der Waals surface area contributed by atoms with Crippen molar-refractivity contribution < 1.29 is 0 Å². The van der Waals surface area contributed by atoms with Gasteiger partial charge in [0.05, 0.1) is 0 Å². The summed E-state index contributed by atoms with van der Waals surface area (Å²) in [7, 11) is 0. The van der Waals surface area contributed by atoms with E-state index >= 15 is 0 Å². The first-order valence-electron chi connectivity index (χ1n) is 7.73. The van der Waals surface area contributed by atoms with E-state index in [4.69, 9.17) is 0 Å². The van der Waals surface area contributed by atoms with Crippen LogP contribution in [-0.4, -0.2) is 12.6 Å². The highest BCUT2D eigenvalue weighted by molar-refractivity contribution is 4.95. The standard InChI is InChI=1S/C16H31N/c1-5-17-15(8-9-16(2,3)4)14-11-12-6-7-13(14)10-12/h12-15,17H,5-11H2,1-4H3. The van der Waals surface area contributed by atoms with Gasteiger partial charge in [0.2, 0.25) is 0 Å². The quantitative estimate of drug-likeness (QED) is 0.754. The summed E-state index contributed by atoms with van der Waals surface area (Å²) >= 11 is 0. The highest BCUT2D eigenvalue weighted by atomic mass is 14.9. The Morgan fingerprint density at radius 2 is 1.94 bits per heavy atom. The van der Waals surface area contributed by atoms with E-state index in [1.54, 1.807) is 6.42 Å². The van der Waals surface area contributed by atoms with Gasteiger partial charge in [-0.3, -0.25) is 0 Å². The maximum Gasteiger partial charge on any atom is 0.00981 e. The van der Waals surface area contributed by atoms with Crippen LogP contribution in [0.5, 0.6) is 0 Å². The molecule has 2 fully saturated rings. The zero-order valence-electron chi connectivity index (χ0n) is 12.3. The number of nitrogens with one attached hydrogen (secondary N) is 1. The summed E-state index contributed by atoms with van der Waals surface area (Å²) in [5.41, 5.74) is 0.491. The topological polar surface area (TPSA) is 12.0 Å². The Morgan fingerprint density at radius 1 is 1.18 bits per heavy atom. The van der Waals surface area contributed by atoms with E-state index in [0.717, 1.165) is 30.3 Å². The van der Waals surface area contributed by atoms with Crippen LogP contribution in [0.15, 0.2) is 0 Å². The van der Waals surface area contributed by atoms with Crippen LogP contribution in [-0.2, 0) is 0 Å². The third kappa shape index (κ3) is 3.47. The lowest BCUT2D eigenvalue weighted by Gasteiger charge is -2.33. The number of fused-ring (bicyclic) bond motifs is 2. The lowest BCUT2D eigenvalue weighted by atomic mass is 9.79. The molecule has 0 radical (unpaired) electrons. The molecule has 2 aliphatic rings. The van der Waals surface area contributed by atoms with Crippen LogP contribution in [0.4, 0.5) is 0 Å². The molecule has 1 heteroatoms. The zero-order valence-corrected chi connectivity index (χ0v) is 12.3. The zero-order chi connectivity index (χ0) is 12.5. The van der Waals surface area contributed by atoms with E-state index in [0.29, 0.717) is 5.41 Å². The third-order valence-corrected chi connectivity index (χ3v) is 4.98. The Hall–Kier alpha value is -0.0400. The minimum Gasteiger partial charge on any atom is -0.314 e. The maximum absolute atomic E-state index is 3.78. The summed E-state index contributed by atoms with van der Waals surface area (Å²) in [6.07, 6.45) is 8.85. The second-order valence-corrected chi connectivity index (χ2v) is 7.60. The van der Waals surface area contributed by atoms with E-state index in [1.165, 1.54) is 32.1 Å². The van der Waals surface area contributed by atoms with Gasteiger partial charge in [-0.25, -0.2) is 0 Å². The van der Waals surface area contributed by atoms with E-state index in [-0.39, 0.29) is 0 Å². The van der Waals surface area contributed by atoms with Crippen molar-refractivity contribution in [2.75, 3.05) is 6.54 Å². The highest BCUT2D eigenvalue weighted by Gasteiger charge is 2.42. The third-order valence-electron chi connectivity index (χ3n) is 4.98. The summed E-state index contributed by atoms with van der Waals surface area (Å²) in [4.78, 5) is 0. The van der Waals surface area contributed by atoms with Crippen LogP contribution < -0.4 is 5.32 Å². The molecule has 4 unspecified atom stereocenters. The molecule has 0 amide bonds. The van der Waals surface area contributed by atoms with E-state index in [2.05, 4.69) is 33.0 Å². The van der Waals surface area contributed by atoms with Crippen LogP contribution in [0.3, 0.4) is 0 Å². The van der Waals surface area contributed by atoms with Crippen molar-refractivity contribution in [3.63, 3.8) is 0 Å². The molecule has 2 aliphatic carbocycles. The van der Waals surface area contributed by atoms with Crippen molar-refractivity contribution in [2.45, 2.75) is 72.3 Å². The molecule has 0 aromatic rings. The lowest BCUT2D eigenvalue weighted by molar-refractivity contribution is 0.218. The minimum absolute atomic E-state index is 0.491. The first-order valence-corrected chi connectivity index (χ1v) is 7.73. The van der Waals surface area contributed by atoms with Crippen molar-refractivity contribution in [1.29, 1.82) is 0 Å². The Bertz CT molecular complexity index is 240. The number of hydrogen-bond acceptors (Lipinski definition) is 1. The van der Waals surface area contributed by atoms with Crippen LogP contribution >= 0.6 is 0 Å². The molecule has 1 N–H and O–H groups in total. The molecule has 2 rings (SSSR count). The molecule has 100 valence electrons. The lowest BCUT2D eigenvalue weighted by Crippen LogP contribution is -2.39. The molecule has 4 atom stereocenters. The van der Waals surface area contributed by atoms with Gasteiger partial charge in [0.15, 0.2) is 0 Å². The van der Waals surface area contributed by atoms with Crippen LogP contribution in [0.1, 0.15) is 66.2 Å². The minimum atomic E-state index is 0.491. The molecule has 0 aromatic carbocycles. The van der Waals surface area contributed by atoms with E-state index < -0.39 is 0 Å².